The molecule has 22 heavy (non-hydrogen) atoms. The van der Waals surface area contributed by atoms with Crippen molar-refractivity contribution in [2.24, 2.45) is 11.8 Å². The van der Waals surface area contributed by atoms with Crippen LogP contribution in [0.5, 0.6) is 0 Å². The van der Waals surface area contributed by atoms with Crippen molar-refractivity contribution in [1.82, 2.24) is 10.2 Å². The van der Waals surface area contributed by atoms with Crippen LogP contribution < -0.4 is 5.32 Å². The zero-order valence-electron chi connectivity index (χ0n) is 11.7. The fourth-order valence-corrected chi connectivity index (χ4v) is 4.60. The summed E-state index contributed by atoms with van der Waals surface area (Å²) in [6.07, 6.45) is -4.27. The Morgan fingerprint density at radius 1 is 1.36 bits per heavy atom. The van der Waals surface area contributed by atoms with Crippen LogP contribution in [-0.4, -0.2) is 62.4 Å². The highest BCUT2D eigenvalue weighted by atomic mass is 32.2. The predicted octanol–water partition coefficient (Wildman–Crippen LogP) is -0.0519. The van der Waals surface area contributed by atoms with Crippen LogP contribution >= 0.6 is 0 Å². The van der Waals surface area contributed by atoms with E-state index in [9.17, 15) is 31.2 Å². The van der Waals surface area contributed by atoms with Gasteiger partial charge in [0, 0.05) is 19.5 Å². The second-order valence-corrected chi connectivity index (χ2v) is 8.03. The molecule has 1 N–H and O–H groups in total. The van der Waals surface area contributed by atoms with Gasteiger partial charge in [-0.15, -0.1) is 0 Å². The Morgan fingerprint density at radius 3 is 2.59 bits per heavy atom. The molecule has 2 aliphatic heterocycles. The van der Waals surface area contributed by atoms with Gasteiger partial charge in [-0.25, -0.2) is 8.42 Å². The van der Waals surface area contributed by atoms with E-state index in [1.807, 2.05) is 0 Å². The first-order valence-corrected chi connectivity index (χ1v) is 8.70. The topological polar surface area (TPSA) is 83.5 Å². The maximum atomic E-state index is 12.3. The van der Waals surface area contributed by atoms with E-state index in [1.54, 1.807) is 0 Å². The third kappa shape index (κ3) is 4.59. The van der Waals surface area contributed by atoms with Crippen molar-refractivity contribution >= 4 is 21.7 Å². The molecule has 2 atom stereocenters. The van der Waals surface area contributed by atoms with Gasteiger partial charge in [0.25, 0.3) is 0 Å². The van der Waals surface area contributed by atoms with E-state index in [-0.39, 0.29) is 36.9 Å². The van der Waals surface area contributed by atoms with Crippen LogP contribution in [0.15, 0.2) is 0 Å². The van der Waals surface area contributed by atoms with Crippen LogP contribution in [0.3, 0.4) is 0 Å². The number of hydrogen-bond acceptors (Lipinski definition) is 4. The maximum absolute atomic E-state index is 12.3. The van der Waals surface area contributed by atoms with Crippen molar-refractivity contribution in [2.75, 3.05) is 31.1 Å². The first kappa shape index (κ1) is 17.0. The fraction of sp³-hybridized carbons (Fsp3) is 0.833. The molecular weight excluding hydrogens is 325 g/mol. The molecule has 0 spiro atoms. The van der Waals surface area contributed by atoms with Crippen LogP contribution in [0, 0.1) is 11.8 Å². The van der Waals surface area contributed by atoms with Gasteiger partial charge in [-0.3, -0.25) is 9.59 Å². The van der Waals surface area contributed by atoms with Crippen LogP contribution in [0.2, 0.25) is 0 Å². The number of hydrogen-bond donors (Lipinski definition) is 1. The minimum atomic E-state index is -4.49. The smallest absolute Gasteiger partial charge is 0.355 e. The zero-order valence-corrected chi connectivity index (χ0v) is 12.5. The lowest BCUT2D eigenvalue weighted by Gasteiger charge is -2.18. The Kier molecular flexibility index (Phi) is 4.69. The Bertz CT molecular complexity index is 561. The molecule has 0 aromatic carbocycles. The van der Waals surface area contributed by atoms with E-state index in [0.29, 0.717) is 11.3 Å². The lowest BCUT2D eigenvalue weighted by Crippen LogP contribution is -2.38. The minimum Gasteiger partial charge on any atom is -0.355 e. The number of nitrogens with one attached hydrogen (secondary N) is 1. The summed E-state index contributed by atoms with van der Waals surface area (Å²) in [6, 6.07) is 0. The molecule has 0 saturated carbocycles. The Labute approximate surface area is 125 Å². The average Bonchev–Trinajstić information content (AvgIpc) is 2.88. The number of likely N-dealkylation sites (tertiary alicyclic amines) is 1. The summed E-state index contributed by atoms with van der Waals surface area (Å²) in [4.78, 5) is 24.0. The van der Waals surface area contributed by atoms with Crippen molar-refractivity contribution < 1.29 is 31.2 Å². The van der Waals surface area contributed by atoms with Gasteiger partial charge >= 0.3 is 6.18 Å². The molecule has 2 fully saturated rings. The Morgan fingerprint density at radius 2 is 2.05 bits per heavy atom. The van der Waals surface area contributed by atoms with Gasteiger partial charge in [-0.2, -0.15) is 13.2 Å². The monoisotopic (exact) mass is 342 g/mol. The largest absolute Gasteiger partial charge is 0.406 e. The second-order valence-electron chi connectivity index (χ2n) is 5.80. The standard InChI is InChI=1S/C12H17F3N2O4S/c13-12(14,15)7-17-5-9(3-10(17)18)11(19)16-4-8-1-2-22(20,21)6-8/h8-9H,1-7H2,(H,16,19). The fourth-order valence-electron chi connectivity index (χ4n) is 2.74. The number of carbonyl (C=O) groups excluding carboxylic acids is 2. The molecule has 2 aliphatic rings. The van der Waals surface area contributed by atoms with E-state index in [2.05, 4.69) is 5.32 Å². The van der Waals surface area contributed by atoms with Crippen molar-refractivity contribution in [3.63, 3.8) is 0 Å². The summed E-state index contributed by atoms with van der Waals surface area (Å²) >= 11 is 0. The summed E-state index contributed by atoms with van der Waals surface area (Å²) in [5, 5.41) is 2.54. The average molecular weight is 342 g/mol. The molecule has 0 aromatic heterocycles. The van der Waals surface area contributed by atoms with Gasteiger partial charge in [0.1, 0.15) is 6.54 Å². The SMILES string of the molecule is O=C(NCC1CCS(=O)(=O)C1)C1CC(=O)N(CC(F)(F)F)C1. The van der Waals surface area contributed by atoms with E-state index in [4.69, 9.17) is 0 Å². The number of alkyl halides is 3. The minimum absolute atomic E-state index is 0.0110. The van der Waals surface area contributed by atoms with Crippen LogP contribution in [-0.2, 0) is 19.4 Å². The number of nitrogens with zero attached hydrogens (tertiary/aromatic N) is 1. The lowest BCUT2D eigenvalue weighted by atomic mass is 10.1. The summed E-state index contributed by atoms with van der Waals surface area (Å²) in [5.41, 5.74) is 0. The van der Waals surface area contributed by atoms with E-state index >= 15 is 0 Å². The van der Waals surface area contributed by atoms with Gasteiger partial charge < -0.3 is 10.2 Å². The van der Waals surface area contributed by atoms with Gasteiger partial charge in [0.15, 0.2) is 9.84 Å². The molecule has 2 rings (SSSR count). The molecule has 2 unspecified atom stereocenters. The molecule has 0 aliphatic carbocycles. The quantitative estimate of drug-likeness (QED) is 0.776. The van der Waals surface area contributed by atoms with Crippen LogP contribution in [0.1, 0.15) is 12.8 Å². The zero-order chi connectivity index (χ0) is 16.5. The molecule has 6 nitrogen and oxygen atoms in total. The molecule has 0 radical (unpaired) electrons. The van der Waals surface area contributed by atoms with Crippen molar-refractivity contribution in [1.29, 1.82) is 0 Å². The Hall–Kier alpha value is -1.32. The third-order valence-electron chi connectivity index (χ3n) is 3.85. The molecule has 2 heterocycles. The van der Waals surface area contributed by atoms with Crippen molar-refractivity contribution in [3.8, 4) is 0 Å². The number of amides is 2. The van der Waals surface area contributed by atoms with Gasteiger partial charge in [0.2, 0.25) is 11.8 Å². The van der Waals surface area contributed by atoms with E-state index < -0.39 is 40.3 Å². The Balaban J connectivity index is 1.80. The van der Waals surface area contributed by atoms with E-state index in [1.165, 1.54) is 0 Å². The summed E-state index contributed by atoms with van der Waals surface area (Å²) in [7, 11) is -3.04. The molecule has 126 valence electrons. The molecule has 10 heteroatoms. The van der Waals surface area contributed by atoms with Crippen LogP contribution in [0.4, 0.5) is 13.2 Å². The summed E-state index contributed by atoms with van der Waals surface area (Å²) in [6.45, 7) is -1.44. The van der Waals surface area contributed by atoms with Crippen LogP contribution in [0.25, 0.3) is 0 Å². The highest BCUT2D eigenvalue weighted by Crippen LogP contribution is 2.24. The number of rotatable bonds is 4. The molecular formula is C12H17F3N2O4S. The third-order valence-corrected chi connectivity index (χ3v) is 5.68. The predicted molar refractivity (Wildman–Crippen MR) is 70.5 cm³/mol. The molecule has 0 aromatic rings. The highest BCUT2D eigenvalue weighted by molar-refractivity contribution is 7.91. The molecule has 0 bridgehead atoms. The first-order chi connectivity index (χ1) is 10.1. The van der Waals surface area contributed by atoms with Gasteiger partial charge in [0.05, 0.1) is 17.4 Å². The first-order valence-electron chi connectivity index (χ1n) is 6.88. The van der Waals surface area contributed by atoms with Crippen molar-refractivity contribution in [3.05, 3.63) is 0 Å². The summed E-state index contributed by atoms with van der Waals surface area (Å²) in [5.74, 6) is -2.07. The van der Waals surface area contributed by atoms with Gasteiger partial charge in [-0.05, 0) is 12.3 Å². The van der Waals surface area contributed by atoms with Crippen molar-refractivity contribution in [2.45, 2.75) is 19.0 Å². The molecule has 2 amide bonds. The summed E-state index contributed by atoms with van der Waals surface area (Å²) < 4.78 is 59.4. The highest BCUT2D eigenvalue weighted by Gasteiger charge is 2.40. The number of sulfone groups is 1. The maximum Gasteiger partial charge on any atom is 0.406 e. The number of carbonyl (C=O) groups is 2. The molecule has 2 saturated heterocycles. The van der Waals surface area contributed by atoms with E-state index in [0.717, 1.165) is 0 Å². The normalized spacial score (nSPS) is 28.1. The lowest BCUT2D eigenvalue weighted by molar-refractivity contribution is -0.157. The number of halogens is 3. The van der Waals surface area contributed by atoms with Gasteiger partial charge in [-0.1, -0.05) is 0 Å². The second kappa shape index (κ2) is 6.05.